The van der Waals surface area contributed by atoms with Crippen molar-refractivity contribution in [3.8, 4) is 0 Å². The van der Waals surface area contributed by atoms with Crippen molar-refractivity contribution in [2.24, 2.45) is 0 Å². The number of anilines is 1. The van der Waals surface area contributed by atoms with Gasteiger partial charge in [-0.1, -0.05) is 11.6 Å². The molecule has 1 saturated heterocycles. The Hall–Kier alpha value is -1.33. The molecule has 1 aliphatic heterocycles. The summed E-state index contributed by atoms with van der Waals surface area (Å²) >= 11 is 6.08. The first kappa shape index (κ1) is 13.1. The smallest absolute Gasteiger partial charge is 0.217 e. The van der Waals surface area contributed by atoms with Crippen LogP contribution in [0.3, 0.4) is 0 Å². The van der Waals surface area contributed by atoms with E-state index in [1.165, 1.54) is 0 Å². The Kier molecular flexibility index (Phi) is 4.04. The van der Waals surface area contributed by atoms with Crippen LogP contribution in [0.25, 0.3) is 0 Å². The number of hydrogen-bond acceptors (Lipinski definition) is 4. The summed E-state index contributed by atoms with van der Waals surface area (Å²) in [4.78, 5) is 17.4. The first-order valence-electron chi connectivity index (χ1n) is 5.95. The number of halogens is 1. The highest BCUT2D eigenvalue weighted by atomic mass is 35.5. The van der Waals surface area contributed by atoms with Gasteiger partial charge in [0.25, 0.3) is 0 Å². The van der Waals surface area contributed by atoms with Gasteiger partial charge >= 0.3 is 0 Å². The van der Waals surface area contributed by atoms with E-state index in [0.717, 1.165) is 25.2 Å². The topological polar surface area (TPSA) is 71.2 Å². The average Bonchev–Trinajstić information content (AvgIpc) is 2.70. The molecule has 0 aromatic carbocycles. The van der Waals surface area contributed by atoms with Gasteiger partial charge in [-0.25, -0.2) is 4.98 Å². The van der Waals surface area contributed by atoms with E-state index >= 15 is 0 Å². The molecule has 1 aliphatic rings. The van der Waals surface area contributed by atoms with Gasteiger partial charge in [0.15, 0.2) is 0 Å². The SMILES string of the molecule is CC(=O)NC1CCN(Cc2nc(N)ccc2Cl)C1. The summed E-state index contributed by atoms with van der Waals surface area (Å²) in [6, 6.07) is 3.68. The van der Waals surface area contributed by atoms with E-state index in [1.54, 1.807) is 19.1 Å². The lowest BCUT2D eigenvalue weighted by atomic mass is 10.2. The van der Waals surface area contributed by atoms with E-state index in [2.05, 4.69) is 15.2 Å². The van der Waals surface area contributed by atoms with Crippen LogP contribution in [0.15, 0.2) is 12.1 Å². The number of nitrogen functional groups attached to an aromatic ring is 1. The number of pyridine rings is 1. The first-order chi connectivity index (χ1) is 8.54. The zero-order chi connectivity index (χ0) is 13.1. The Morgan fingerprint density at radius 1 is 1.67 bits per heavy atom. The molecule has 0 radical (unpaired) electrons. The summed E-state index contributed by atoms with van der Waals surface area (Å²) < 4.78 is 0. The van der Waals surface area contributed by atoms with Crippen LogP contribution in [0.1, 0.15) is 19.0 Å². The molecule has 1 atom stereocenters. The molecule has 1 unspecified atom stereocenters. The van der Waals surface area contributed by atoms with Gasteiger partial charge in [-0.15, -0.1) is 0 Å². The molecule has 2 heterocycles. The highest BCUT2D eigenvalue weighted by Crippen LogP contribution is 2.19. The standard InChI is InChI=1S/C12H17ClN4O/c1-8(18)15-9-4-5-17(6-9)7-11-10(13)2-3-12(14)16-11/h2-3,9H,4-7H2,1H3,(H2,14,16)(H,15,18). The van der Waals surface area contributed by atoms with E-state index in [-0.39, 0.29) is 11.9 Å². The number of amides is 1. The van der Waals surface area contributed by atoms with Gasteiger partial charge in [-0.05, 0) is 18.6 Å². The van der Waals surface area contributed by atoms with Crippen LogP contribution in [0.5, 0.6) is 0 Å². The number of aromatic nitrogens is 1. The summed E-state index contributed by atoms with van der Waals surface area (Å²) in [5.41, 5.74) is 6.44. The van der Waals surface area contributed by atoms with E-state index in [4.69, 9.17) is 17.3 Å². The zero-order valence-corrected chi connectivity index (χ0v) is 11.1. The fraction of sp³-hybridized carbons (Fsp3) is 0.500. The molecule has 0 aliphatic carbocycles. The molecule has 98 valence electrons. The average molecular weight is 269 g/mol. The summed E-state index contributed by atoms with van der Waals surface area (Å²) in [7, 11) is 0. The van der Waals surface area contributed by atoms with Gasteiger partial charge in [-0.2, -0.15) is 0 Å². The molecule has 0 saturated carbocycles. The lowest BCUT2D eigenvalue weighted by Crippen LogP contribution is -2.35. The van der Waals surface area contributed by atoms with E-state index in [0.29, 0.717) is 17.4 Å². The molecule has 1 aromatic heterocycles. The molecular formula is C12H17ClN4O. The van der Waals surface area contributed by atoms with Crippen molar-refractivity contribution < 1.29 is 4.79 Å². The molecule has 18 heavy (non-hydrogen) atoms. The number of carbonyl (C=O) groups is 1. The number of rotatable bonds is 3. The maximum absolute atomic E-state index is 11.0. The van der Waals surface area contributed by atoms with Crippen molar-refractivity contribution in [1.82, 2.24) is 15.2 Å². The normalized spacial score (nSPS) is 20.0. The van der Waals surface area contributed by atoms with Crippen LogP contribution in [0.4, 0.5) is 5.82 Å². The second-order valence-electron chi connectivity index (χ2n) is 4.59. The van der Waals surface area contributed by atoms with Crippen LogP contribution >= 0.6 is 11.6 Å². The Bertz CT molecular complexity index is 452. The molecule has 1 amide bonds. The lowest BCUT2D eigenvalue weighted by molar-refractivity contribution is -0.119. The van der Waals surface area contributed by atoms with E-state index < -0.39 is 0 Å². The number of hydrogen-bond donors (Lipinski definition) is 2. The van der Waals surface area contributed by atoms with Gasteiger partial charge in [0.1, 0.15) is 5.82 Å². The van der Waals surface area contributed by atoms with Crippen molar-refractivity contribution in [1.29, 1.82) is 0 Å². The van der Waals surface area contributed by atoms with Gasteiger partial charge < -0.3 is 11.1 Å². The monoisotopic (exact) mass is 268 g/mol. The van der Waals surface area contributed by atoms with Gasteiger partial charge in [0, 0.05) is 32.6 Å². The Morgan fingerprint density at radius 2 is 2.44 bits per heavy atom. The molecule has 1 aromatic rings. The first-order valence-corrected chi connectivity index (χ1v) is 6.33. The van der Waals surface area contributed by atoms with Crippen LogP contribution in [-0.4, -0.2) is 34.9 Å². The lowest BCUT2D eigenvalue weighted by Gasteiger charge is -2.16. The van der Waals surface area contributed by atoms with Gasteiger partial charge in [0.05, 0.1) is 10.7 Å². The van der Waals surface area contributed by atoms with Crippen LogP contribution in [0, 0.1) is 0 Å². The Balaban J connectivity index is 1.95. The van der Waals surface area contributed by atoms with Gasteiger partial charge in [-0.3, -0.25) is 9.69 Å². The predicted molar refractivity (Wildman–Crippen MR) is 71.2 cm³/mol. The van der Waals surface area contributed by atoms with Crippen molar-refractivity contribution >= 4 is 23.3 Å². The highest BCUT2D eigenvalue weighted by Gasteiger charge is 2.23. The molecular weight excluding hydrogens is 252 g/mol. The largest absolute Gasteiger partial charge is 0.384 e. The minimum Gasteiger partial charge on any atom is -0.384 e. The number of nitrogens with one attached hydrogen (secondary N) is 1. The van der Waals surface area contributed by atoms with Crippen molar-refractivity contribution in [2.75, 3.05) is 18.8 Å². The molecule has 0 bridgehead atoms. The van der Waals surface area contributed by atoms with Gasteiger partial charge in [0.2, 0.25) is 5.91 Å². The Morgan fingerprint density at radius 3 is 3.17 bits per heavy atom. The van der Waals surface area contributed by atoms with E-state index in [1.807, 2.05) is 0 Å². The number of nitrogens with two attached hydrogens (primary N) is 1. The molecule has 3 N–H and O–H groups in total. The zero-order valence-electron chi connectivity index (χ0n) is 10.3. The summed E-state index contributed by atoms with van der Waals surface area (Å²) in [6.07, 6.45) is 0.958. The third kappa shape index (κ3) is 3.34. The fourth-order valence-electron chi connectivity index (χ4n) is 2.21. The second-order valence-corrected chi connectivity index (χ2v) is 4.99. The predicted octanol–water partition coefficient (Wildman–Crippen LogP) is 1.03. The Labute approximate surface area is 111 Å². The van der Waals surface area contributed by atoms with Crippen LogP contribution in [-0.2, 0) is 11.3 Å². The highest BCUT2D eigenvalue weighted by molar-refractivity contribution is 6.31. The summed E-state index contributed by atoms with van der Waals surface area (Å²) in [5.74, 6) is 0.494. The third-order valence-corrected chi connectivity index (χ3v) is 3.34. The van der Waals surface area contributed by atoms with Crippen LogP contribution in [0.2, 0.25) is 5.02 Å². The number of nitrogens with zero attached hydrogens (tertiary/aromatic N) is 2. The summed E-state index contributed by atoms with van der Waals surface area (Å²) in [6.45, 7) is 3.96. The molecule has 0 spiro atoms. The summed E-state index contributed by atoms with van der Waals surface area (Å²) in [5, 5.41) is 3.56. The second kappa shape index (κ2) is 5.54. The fourth-order valence-corrected chi connectivity index (χ4v) is 2.37. The number of likely N-dealkylation sites (tertiary alicyclic amines) is 1. The number of carbonyl (C=O) groups excluding carboxylic acids is 1. The van der Waals surface area contributed by atoms with Crippen LogP contribution < -0.4 is 11.1 Å². The van der Waals surface area contributed by atoms with Crippen molar-refractivity contribution in [3.63, 3.8) is 0 Å². The molecule has 1 fully saturated rings. The van der Waals surface area contributed by atoms with Crippen molar-refractivity contribution in [3.05, 3.63) is 22.8 Å². The third-order valence-electron chi connectivity index (χ3n) is 2.99. The van der Waals surface area contributed by atoms with Crippen molar-refractivity contribution in [2.45, 2.75) is 25.9 Å². The maximum Gasteiger partial charge on any atom is 0.217 e. The maximum atomic E-state index is 11.0. The molecule has 2 rings (SSSR count). The van der Waals surface area contributed by atoms with E-state index in [9.17, 15) is 4.79 Å². The minimum atomic E-state index is 0.0157. The minimum absolute atomic E-state index is 0.0157. The quantitative estimate of drug-likeness (QED) is 0.859. The molecule has 6 heteroatoms. The molecule has 5 nitrogen and oxygen atoms in total.